The minimum atomic E-state index is 0.436. The fourth-order valence-electron chi connectivity index (χ4n) is 1.30. The van der Waals surface area contributed by atoms with Crippen LogP contribution in [0.25, 0.3) is 5.57 Å². The van der Waals surface area contributed by atoms with E-state index in [1.165, 1.54) is 5.56 Å². The molecule has 0 bridgehead atoms. The van der Waals surface area contributed by atoms with Crippen LogP contribution in [0.3, 0.4) is 0 Å². The van der Waals surface area contributed by atoms with Gasteiger partial charge in [0.15, 0.2) is 0 Å². The van der Waals surface area contributed by atoms with Crippen molar-refractivity contribution in [2.45, 2.75) is 20.8 Å². The number of allylic oxidation sites excluding steroid dienone is 4. The Morgan fingerprint density at radius 2 is 2.00 bits per heavy atom. The molecular weight excluding hydrogens is 206 g/mol. The summed E-state index contributed by atoms with van der Waals surface area (Å²) in [6.45, 7) is 13.4. The molecule has 0 amide bonds. The third kappa shape index (κ3) is 4.99. The van der Waals surface area contributed by atoms with Gasteiger partial charge in [-0.3, -0.25) is 0 Å². The first kappa shape index (κ1) is 14.9. The highest BCUT2D eigenvalue weighted by Crippen LogP contribution is 2.18. The van der Waals surface area contributed by atoms with Crippen molar-refractivity contribution in [3.05, 3.63) is 66.3 Å². The fraction of sp³-hybridized carbons (Fsp3) is 0.188. The highest BCUT2D eigenvalue weighted by atomic mass is 14.2. The highest BCUT2D eigenvalue weighted by molar-refractivity contribution is 5.76. The lowest BCUT2D eigenvalue weighted by atomic mass is 10.0. The van der Waals surface area contributed by atoms with E-state index in [4.69, 9.17) is 5.26 Å². The summed E-state index contributed by atoms with van der Waals surface area (Å²) in [5.74, 6) is 0. The van der Waals surface area contributed by atoms with E-state index in [9.17, 15) is 0 Å². The first-order chi connectivity index (χ1) is 8.17. The van der Waals surface area contributed by atoms with E-state index >= 15 is 0 Å². The van der Waals surface area contributed by atoms with E-state index in [0.717, 1.165) is 11.1 Å². The maximum absolute atomic E-state index is 8.65. The van der Waals surface area contributed by atoms with E-state index in [-0.39, 0.29) is 0 Å². The molecule has 0 radical (unpaired) electrons. The minimum Gasteiger partial charge on any atom is -0.192 e. The molecule has 0 atom stereocenters. The molecular formula is C16H19N. The zero-order chi connectivity index (χ0) is 13.3. The summed E-state index contributed by atoms with van der Waals surface area (Å²) < 4.78 is 0. The van der Waals surface area contributed by atoms with Gasteiger partial charge in [0, 0.05) is 5.57 Å². The Bertz CT molecular complexity index is 459. The molecule has 1 aromatic carbocycles. The standard InChI is InChI=1S/C14H13N.C2H6/c1-4-13(9-12(3)10-15)14-7-5-6-11(2)8-14;1-2/h4-9H,1,3H2,2H3;1-2H3/b13-9+;. The van der Waals surface area contributed by atoms with Crippen LogP contribution in [-0.2, 0) is 0 Å². The molecule has 0 fully saturated rings. The van der Waals surface area contributed by atoms with Crippen molar-refractivity contribution in [1.82, 2.24) is 0 Å². The predicted molar refractivity (Wildman–Crippen MR) is 75.5 cm³/mol. The Morgan fingerprint density at radius 3 is 2.47 bits per heavy atom. The number of hydrogen-bond acceptors (Lipinski definition) is 1. The maximum atomic E-state index is 8.65. The third-order valence-corrected chi connectivity index (χ3v) is 2.04. The second-order valence-corrected chi connectivity index (χ2v) is 3.31. The molecule has 0 aliphatic carbocycles. The van der Waals surface area contributed by atoms with Crippen molar-refractivity contribution in [3.8, 4) is 6.07 Å². The molecule has 0 aliphatic heterocycles. The molecule has 0 aromatic heterocycles. The van der Waals surface area contributed by atoms with Crippen molar-refractivity contribution >= 4 is 5.57 Å². The third-order valence-electron chi connectivity index (χ3n) is 2.04. The van der Waals surface area contributed by atoms with E-state index in [1.807, 2.05) is 45.0 Å². The van der Waals surface area contributed by atoms with Gasteiger partial charge in [0.1, 0.15) is 0 Å². The molecule has 0 aliphatic rings. The number of rotatable bonds is 3. The van der Waals surface area contributed by atoms with E-state index in [1.54, 1.807) is 12.2 Å². The summed E-state index contributed by atoms with van der Waals surface area (Å²) in [6.07, 6.45) is 3.47. The van der Waals surface area contributed by atoms with Gasteiger partial charge in [0.25, 0.3) is 0 Å². The lowest BCUT2D eigenvalue weighted by Crippen LogP contribution is -1.83. The molecule has 1 nitrogen and oxygen atoms in total. The second kappa shape index (κ2) is 8.13. The zero-order valence-electron chi connectivity index (χ0n) is 10.8. The van der Waals surface area contributed by atoms with E-state index < -0.39 is 0 Å². The highest BCUT2D eigenvalue weighted by Gasteiger charge is 1.98. The van der Waals surface area contributed by atoms with Gasteiger partial charge in [-0.2, -0.15) is 5.26 Å². The van der Waals surface area contributed by atoms with Gasteiger partial charge in [0.05, 0.1) is 6.07 Å². The number of aryl methyl sites for hydroxylation is 1. The summed E-state index contributed by atoms with van der Waals surface area (Å²) in [5, 5.41) is 8.65. The minimum absolute atomic E-state index is 0.436. The molecule has 0 N–H and O–H groups in total. The molecule has 1 heteroatoms. The smallest absolute Gasteiger partial charge is 0.0985 e. The van der Waals surface area contributed by atoms with Crippen LogP contribution in [0.4, 0.5) is 0 Å². The van der Waals surface area contributed by atoms with Crippen LogP contribution in [-0.4, -0.2) is 0 Å². The summed E-state index contributed by atoms with van der Waals surface area (Å²) in [4.78, 5) is 0. The Hall–Kier alpha value is -2.07. The Kier molecular flexibility index (Phi) is 7.14. The largest absolute Gasteiger partial charge is 0.192 e. The van der Waals surface area contributed by atoms with Crippen molar-refractivity contribution in [3.63, 3.8) is 0 Å². The lowest BCUT2D eigenvalue weighted by molar-refractivity contribution is 1.45. The topological polar surface area (TPSA) is 23.8 Å². The average molecular weight is 225 g/mol. The molecule has 0 saturated carbocycles. The normalized spacial score (nSPS) is 9.65. The van der Waals surface area contributed by atoms with Gasteiger partial charge in [-0.1, -0.05) is 62.9 Å². The van der Waals surface area contributed by atoms with E-state index in [2.05, 4.69) is 19.2 Å². The molecule has 1 rings (SSSR count). The molecule has 88 valence electrons. The Balaban J connectivity index is 0.00000121. The second-order valence-electron chi connectivity index (χ2n) is 3.31. The summed E-state index contributed by atoms with van der Waals surface area (Å²) in [6, 6.07) is 10.1. The van der Waals surface area contributed by atoms with E-state index in [0.29, 0.717) is 5.57 Å². The van der Waals surface area contributed by atoms with Gasteiger partial charge in [-0.15, -0.1) is 0 Å². The summed E-state index contributed by atoms with van der Waals surface area (Å²) in [7, 11) is 0. The fourth-order valence-corrected chi connectivity index (χ4v) is 1.30. The Morgan fingerprint density at radius 1 is 1.35 bits per heavy atom. The van der Waals surface area contributed by atoms with Crippen LogP contribution in [0.15, 0.2) is 55.1 Å². The van der Waals surface area contributed by atoms with Crippen LogP contribution in [0.2, 0.25) is 0 Å². The Labute approximate surface area is 104 Å². The van der Waals surface area contributed by atoms with Gasteiger partial charge >= 0.3 is 0 Å². The quantitative estimate of drug-likeness (QED) is 0.541. The van der Waals surface area contributed by atoms with Gasteiger partial charge in [0.2, 0.25) is 0 Å². The van der Waals surface area contributed by atoms with Crippen molar-refractivity contribution in [1.29, 1.82) is 5.26 Å². The van der Waals surface area contributed by atoms with Crippen LogP contribution in [0.1, 0.15) is 25.0 Å². The number of hydrogen-bond donors (Lipinski definition) is 0. The van der Waals surface area contributed by atoms with Crippen LogP contribution in [0, 0.1) is 18.3 Å². The number of nitrogens with zero attached hydrogens (tertiary/aromatic N) is 1. The monoisotopic (exact) mass is 225 g/mol. The zero-order valence-corrected chi connectivity index (χ0v) is 10.8. The lowest BCUT2D eigenvalue weighted by Gasteiger charge is -2.03. The molecule has 0 unspecified atom stereocenters. The maximum Gasteiger partial charge on any atom is 0.0985 e. The molecule has 0 heterocycles. The van der Waals surface area contributed by atoms with Gasteiger partial charge < -0.3 is 0 Å². The van der Waals surface area contributed by atoms with Crippen LogP contribution >= 0.6 is 0 Å². The number of benzene rings is 1. The molecule has 17 heavy (non-hydrogen) atoms. The van der Waals surface area contributed by atoms with Crippen LogP contribution in [0.5, 0.6) is 0 Å². The van der Waals surface area contributed by atoms with Crippen LogP contribution < -0.4 is 0 Å². The summed E-state index contributed by atoms with van der Waals surface area (Å²) >= 11 is 0. The SMILES string of the molecule is C=C/C(=C\C(=C)C#N)c1cccc(C)c1.CC. The first-order valence-electron chi connectivity index (χ1n) is 5.67. The average Bonchev–Trinajstić information content (AvgIpc) is 2.38. The van der Waals surface area contributed by atoms with Crippen molar-refractivity contribution in [2.24, 2.45) is 0 Å². The molecule has 1 aromatic rings. The molecule has 0 spiro atoms. The van der Waals surface area contributed by atoms with Gasteiger partial charge in [-0.05, 0) is 24.1 Å². The molecule has 0 saturated heterocycles. The number of nitriles is 1. The van der Waals surface area contributed by atoms with Gasteiger partial charge in [-0.25, -0.2) is 0 Å². The predicted octanol–water partition coefficient (Wildman–Crippen LogP) is 4.67. The van der Waals surface area contributed by atoms with Crippen molar-refractivity contribution in [2.75, 3.05) is 0 Å². The van der Waals surface area contributed by atoms with Crippen molar-refractivity contribution < 1.29 is 0 Å². The summed E-state index contributed by atoms with van der Waals surface area (Å²) in [5.41, 5.74) is 3.60. The first-order valence-corrected chi connectivity index (χ1v) is 5.67.